The fourth-order valence-corrected chi connectivity index (χ4v) is 4.89. The lowest BCUT2D eigenvalue weighted by molar-refractivity contribution is -0.0221. The molecule has 0 aliphatic heterocycles. The summed E-state index contributed by atoms with van der Waals surface area (Å²) in [4.78, 5) is 11.4. The second-order valence-electron chi connectivity index (χ2n) is 7.90. The van der Waals surface area contributed by atoms with E-state index in [1.807, 2.05) is 12.1 Å². The number of aliphatic hydroxyl groups excluding tert-OH is 1. The standard InChI is InChI=1S/C22H26O4/c1-13-3-7-17-14(2)20(23)9-8-18(17)19(13)12-25-16-6-4-15-5-10-22(24)26-21(15)11-16/h4-6,10-11,14,17-20,23H,1,3,7-9,12H2,2H3/t14-,17-,18?,19+,20+/m1/s1. The van der Waals surface area contributed by atoms with Crippen molar-refractivity contribution in [3.8, 4) is 5.75 Å². The molecule has 2 aliphatic carbocycles. The van der Waals surface area contributed by atoms with E-state index in [1.165, 1.54) is 11.6 Å². The zero-order valence-electron chi connectivity index (χ0n) is 15.2. The fourth-order valence-electron chi connectivity index (χ4n) is 4.89. The zero-order valence-corrected chi connectivity index (χ0v) is 15.2. The molecule has 0 bridgehead atoms. The summed E-state index contributed by atoms with van der Waals surface area (Å²) in [5, 5.41) is 11.1. The third kappa shape index (κ3) is 3.18. The largest absolute Gasteiger partial charge is 0.493 e. The van der Waals surface area contributed by atoms with Crippen molar-refractivity contribution < 1.29 is 14.3 Å². The van der Waals surface area contributed by atoms with Gasteiger partial charge in [-0.15, -0.1) is 0 Å². The van der Waals surface area contributed by atoms with Crippen LogP contribution in [-0.4, -0.2) is 17.8 Å². The monoisotopic (exact) mass is 354 g/mol. The van der Waals surface area contributed by atoms with Crippen molar-refractivity contribution in [2.75, 3.05) is 6.61 Å². The Bertz CT molecular complexity index is 868. The maximum atomic E-state index is 11.4. The van der Waals surface area contributed by atoms with Crippen LogP contribution < -0.4 is 10.4 Å². The number of fused-ring (bicyclic) bond motifs is 2. The molecule has 0 spiro atoms. The van der Waals surface area contributed by atoms with Gasteiger partial charge in [-0.2, -0.15) is 0 Å². The summed E-state index contributed by atoms with van der Waals surface area (Å²) in [5.74, 6) is 2.47. The van der Waals surface area contributed by atoms with Gasteiger partial charge >= 0.3 is 5.63 Å². The molecule has 1 N–H and O–H groups in total. The molecule has 2 saturated carbocycles. The summed E-state index contributed by atoms with van der Waals surface area (Å²) in [5.41, 5.74) is 1.46. The van der Waals surface area contributed by atoms with Crippen LogP contribution >= 0.6 is 0 Å². The zero-order chi connectivity index (χ0) is 18.3. The molecular weight excluding hydrogens is 328 g/mol. The van der Waals surface area contributed by atoms with E-state index in [0.29, 0.717) is 41.6 Å². The molecular formula is C22H26O4. The number of hydrogen-bond donors (Lipinski definition) is 1. The van der Waals surface area contributed by atoms with Gasteiger partial charge in [-0.05, 0) is 61.6 Å². The van der Waals surface area contributed by atoms with Gasteiger partial charge in [0, 0.05) is 23.4 Å². The van der Waals surface area contributed by atoms with Crippen LogP contribution in [-0.2, 0) is 0 Å². The molecule has 2 fully saturated rings. The minimum atomic E-state index is -0.354. The SMILES string of the molecule is C=C1CC[C@H]2C(CC[C@H](O)[C@@H]2C)[C@H]1COc1ccc2ccc(=O)oc2c1. The number of rotatable bonds is 3. The van der Waals surface area contributed by atoms with Crippen LogP contribution in [0.5, 0.6) is 5.75 Å². The van der Waals surface area contributed by atoms with Gasteiger partial charge in [0.05, 0.1) is 12.7 Å². The van der Waals surface area contributed by atoms with Gasteiger partial charge in [0.2, 0.25) is 0 Å². The molecule has 2 aliphatic rings. The lowest BCUT2D eigenvalue weighted by Gasteiger charge is -2.47. The maximum Gasteiger partial charge on any atom is 0.336 e. The minimum Gasteiger partial charge on any atom is -0.493 e. The van der Waals surface area contributed by atoms with E-state index in [9.17, 15) is 9.90 Å². The van der Waals surface area contributed by atoms with Crippen LogP contribution in [0.15, 0.2) is 51.7 Å². The van der Waals surface area contributed by atoms with Crippen LogP contribution in [0.2, 0.25) is 0 Å². The van der Waals surface area contributed by atoms with Crippen molar-refractivity contribution in [3.63, 3.8) is 0 Å². The van der Waals surface area contributed by atoms with E-state index in [0.717, 1.165) is 31.1 Å². The minimum absolute atomic E-state index is 0.174. The summed E-state index contributed by atoms with van der Waals surface area (Å²) in [6, 6.07) is 8.79. The number of aliphatic hydroxyl groups is 1. The van der Waals surface area contributed by atoms with Crippen LogP contribution in [0.1, 0.15) is 32.6 Å². The average Bonchev–Trinajstić information content (AvgIpc) is 2.63. The second kappa shape index (κ2) is 6.92. The van der Waals surface area contributed by atoms with Crippen LogP contribution in [0.25, 0.3) is 11.0 Å². The van der Waals surface area contributed by atoms with Crippen molar-refractivity contribution in [1.29, 1.82) is 0 Å². The summed E-state index contributed by atoms with van der Waals surface area (Å²) in [6.07, 6.45) is 3.87. The Hall–Kier alpha value is -2.07. The van der Waals surface area contributed by atoms with Gasteiger partial charge in [-0.3, -0.25) is 0 Å². The molecule has 0 radical (unpaired) electrons. The predicted molar refractivity (Wildman–Crippen MR) is 101 cm³/mol. The van der Waals surface area contributed by atoms with Crippen molar-refractivity contribution in [2.24, 2.45) is 23.7 Å². The number of benzene rings is 1. The summed E-state index contributed by atoms with van der Waals surface area (Å²) in [7, 11) is 0. The van der Waals surface area contributed by atoms with Gasteiger partial charge in [0.1, 0.15) is 11.3 Å². The smallest absolute Gasteiger partial charge is 0.336 e. The molecule has 5 atom stereocenters. The van der Waals surface area contributed by atoms with E-state index in [2.05, 4.69) is 13.5 Å². The van der Waals surface area contributed by atoms with Gasteiger partial charge < -0.3 is 14.3 Å². The highest BCUT2D eigenvalue weighted by atomic mass is 16.5. The molecule has 4 heteroatoms. The molecule has 4 nitrogen and oxygen atoms in total. The first-order chi connectivity index (χ1) is 12.5. The first kappa shape index (κ1) is 17.3. The lowest BCUT2D eigenvalue weighted by atomic mass is 9.60. The van der Waals surface area contributed by atoms with Gasteiger partial charge in [0.15, 0.2) is 0 Å². The summed E-state index contributed by atoms with van der Waals surface area (Å²) in [6.45, 7) is 7.07. The van der Waals surface area contributed by atoms with E-state index in [-0.39, 0.29) is 11.7 Å². The number of ether oxygens (including phenoxy) is 1. The third-order valence-corrected chi connectivity index (χ3v) is 6.49. The molecule has 1 aromatic carbocycles. The molecule has 4 rings (SSSR count). The van der Waals surface area contributed by atoms with Gasteiger partial charge in [-0.1, -0.05) is 19.1 Å². The van der Waals surface area contributed by atoms with E-state index < -0.39 is 0 Å². The highest BCUT2D eigenvalue weighted by molar-refractivity contribution is 5.77. The average molecular weight is 354 g/mol. The topological polar surface area (TPSA) is 59.7 Å². The first-order valence-electron chi connectivity index (χ1n) is 9.55. The summed E-state index contributed by atoms with van der Waals surface area (Å²) < 4.78 is 11.3. The molecule has 0 amide bonds. The highest BCUT2D eigenvalue weighted by Gasteiger charge is 2.43. The normalized spacial score (nSPS) is 31.6. The van der Waals surface area contributed by atoms with Crippen molar-refractivity contribution >= 4 is 11.0 Å². The van der Waals surface area contributed by atoms with Crippen LogP contribution in [0.4, 0.5) is 0 Å². The first-order valence-corrected chi connectivity index (χ1v) is 9.55. The van der Waals surface area contributed by atoms with Crippen molar-refractivity contribution in [3.05, 3.63) is 52.9 Å². The van der Waals surface area contributed by atoms with Gasteiger partial charge in [0.25, 0.3) is 0 Å². The molecule has 1 heterocycles. The fraction of sp³-hybridized carbons (Fsp3) is 0.500. The van der Waals surface area contributed by atoms with E-state index in [4.69, 9.17) is 9.15 Å². The Morgan fingerprint density at radius 1 is 1.19 bits per heavy atom. The molecule has 0 saturated heterocycles. The second-order valence-corrected chi connectivity index (χ2v) is 7.90. The molecule has 26 heavy (non-hydrogen) atoms. The Morgan fingerprint density at radius 2 is 2.00 bits per heavy atom. The maximum absolute atomic E-state index is 11.4. The van der Waals surface area contributed by atoms with Crippen LogP contribution in [0.3, 0.4) is 0 Å². The number of hydrogen-bond acceptors (Lipinski definition) is 4. The Morgan fingerprint density at radius 3 is 2.85 bits per heavy atom. The molecule has 2 aromatic rings. The third-order valence-electron chi connectivity index (χ3n) is 6.49. The quantitative estimate of drug-likeness (QED) is 0.664. The Labute approximate surface area is 153 Å². The molecule has 1 aromatic heterocycles. The van der Waals surface area contributed by atoms with Crippen LogP contribution in [0, 0.1) is 23.7 Å². The van der Waals surface area contributed by atoms with Gasteiger partial charge in [-0.25, -0.2) is 4.79 Å². The van der Waals surface area contributed by atoms with Crippen molar-refractivity contribution in [1.82, 2.24) is 0 Å². The molecule has 1 unspecified atom stereocenters. The predicted octanol–water partition coefficient (Wildman–Crippen LogP) is 4.16. The lowest BCUT2D eigenvalue weighted by Crippen LogP contribution is -2.43. The highest BCUT2D eigenvalue weighted by Crippen LogP contribution is 2.48. The van der Waals surface area contributed by atoms with E-state index in [1.54, 1.807) is 12.1 Å². The Kier molecular flexibility index (Phi) is 4.62. The Balaban J connectivity index is 1.51. The van der Waals surface area contributed by atoms with Crippen molar-refractivity contribution in [2.45, 2.75) is 38.7 Å². The van der Waals surface area contributed by atoms with E-state index >= 15 is 0 Å². The summed E-state index contributed by atoms with van der Waals surface area (Å²) >= 11 is 0. The molecule has 138 valence electrons.